The number of hydrogen-bond donors (Lipinski definition) is 8. The summed E-state index contributed by atoms with van der Waals surface area (Å²) in [5.41, 5.74) is 12.4. The first-order chi connectivity index (χ1) is 39.1. The molecule has 1 aromatic heterocycles. The van der Waals surface area contributed by atoms with Gasteiger partial charge in [0.2, 0.25) is 23.6 Å². The number of likely N-dealkylation sites (tertiary alicyclic amines) is 1. The molecule has 0 radical (unpaired) electrons. The Morgan fingerprint density at radius 3 is 1.84 bits per heavy atom. The molecule has 0 bridgehead atoms. The molecule has 81 heavy (non-hydrogen) atoms. The number of ketones is 3. The number of ether oxygens (including phenoxy) is 4. The minimum atomic E-state index is -1.10. The maximum Gasteiger partial charge on any atom is 0.326 e. The lowest BCUT2D eigenvalue weighted by Gasteiger charge is -2.24. The number of unbranched alkanes of at least 4 members (excludes halogenated alkanes) is 14. The average Bonchev–Trinajstić information content (AvgIpc) is 4.14. The Labute approximate surface area is 481 Å². The molecule has 0 aliphatic carbocycles. The number of carboxylic acids is 2. The number of nitrogens with zero attached hydrogens (tertiary/aromatic N) is 2. The highest BCUT2D eigenvalue weighted by molar-refractivity contribution is 5.88. The van der Waals surface area contributed by atoms with E-state index in [0.717, 1.165) is 57.1 Å². The van der Waals surface area contributed by atoms with Crippen molar-refractivity contribution in [3.8, 4) is 0 Å². The Hall–Kier alpha value is -5.20. The molecule has 0 saturated carbocycles. The van der Waals surface area contributed by atoms with E-state index in [1.165, 1.54) is 51.3 Å². The van der Waals surface area contributed by atoms with E-state index in [4.69, 9.17) is 35.5 Å². The van der Waals surface area contributed by atoms with E-state index in [0.29, 0.717) is 104 Å². The van der Waals surface area contributed by atoms with Crippen LogP contribution in [0.5, 0.6) is 0 Å². The average molecular weight is 1150 g/mol. The van der Waals surface area contributed by atoms with Crippen LogP contribution in [0.25, 0.3) is 0 Å². The van der Waals surface area contributed by atoms with Crippen LogP contribution in [0.4, 0.5) is 0 Å². The van der Waals surface area contributed by atoms with Crippen molar-refractivity contribution >= 4 is 52.9 Å². The summed E-state index contributed by atoms with van der Waals surface area (Å²) in [7, 11) is 0. The van der Waals surface area contributed by atoms with E-state index in [1.54, 1.807) is 6.20 Å². The molecule has 1 saturated heterocycles. The number of amides is 4. The molecule has 0 spiro atoms. The van der Waals surface area contributed by atoms with Gasteiger partial charge in [-0.1, -0.05) is 83.5 Å². The Balaban J connectivity index is 0.000000832. The molecule has 23 heteroatoms. The van der Waals surface area contributed by atoms with Crippen molar-refractivity contribution in [2.45, 2.75) is 212 Å². The molecule has 0 aromatic carbocycles. The van der Waals surface area contributed by atoms with Crippen molar-refractivity contribution in [3.05, 3.63) is 18.2 Å². The van der Waals surface area contributed by atoms with Crippen LogP contribution in [0.2, 0.25) is 0 Å². The van der Waals surface area contributed by atoms with Gasteiger partial charge >= 0.3 is 11.9 Å². The first kappa shape index (κ1) is 73.8. The second-order valence-electron chi connectivity index (χ2n) is 20.8. The zero-order chi connectivity index (χ0) is 59.7. The summed E-state index contributed by atoms with van der Waals surface area (Å²) in [6.45, 7) is 7.63. The summed E-state index contributed by atoms with van der Waals surface area (Å²) < 4.78 is 20.9. The SMILES string of the molecule is CCOCC(=O)NCCOCCOCC(=O)NCCCC[C@H](CCC(=O)[C@@H](N)Cc1cnc[nH]1)C(=O)CN1CCC[C@H]1C(N)=O.CCOCCCC(=O)CC[C@H](NC(=O)CCCCCCCCCCCCCCCCC(=O)O)C(=O)O. The zero-order valence-corrected chi connectivity index (χ0v) is 49.0. The standard InChI is InChI=1S/C30H51N7O8.C28H51NO7/c1-2-43-19-28(40)35-11-13-44-14-15-45-20-29(41)34-10-4-3-6-22(27(39)18-37-12-5-7-25(37)30(32)42)8-9-26(38)24(31)16-23-17-33-21-36-23;1-2-36-23-17-18-24(30)21-22-25(28(34)35)29-26(31)19-15-13-11-9-7-5-3-4-6-8-10-12-14-16-20-27(32)33/h17,21-22,24-25H,2-16,18-20,31H2,1H3,(H2,32,42)(H,33,36)(H,34,41)(H,35,40);25H,2-23H2,1H3,(H,29,31)(H,32,33)(H,34,35)/t22-,24+,25+;25-/m10/s1. The minimum Gasteiger partial charge on any atom is -0.481 e. The van der Waals surface area contributed by atoms with Crippen LogP contribution in [0, 0.1) is 5.92 Å². The number of hydrogen-bond acceptors (Lipinski definition) is 16. The normalized spacial score (nSPS) is 14.3. The van der Waals surface area contributed by atoms with Gasteiger partial charge in [-0.3, -0.25) is 43.3 Å². The minimum absolute atomic E-state index is 0.000154. The lowest BCUT2D eigenvalue weighted by atomic mass is 9.89. The Bertz CT molecular complexity index is 1890. The van der Waals surface area contributed by atoms with E-state index >= 15 is 0 Å². The number of nitrogens with one attached hydrogen (secondary N) is 4. The molecule has 1 aliphatic rings. The first-order valence-electron chi connectivity index (χ1n) is 30.0. The Morgan fingerprint density at radius 2 is 1.25 bits per heavy atom. The van der Waals surface area contributed by atoms with Crippen LogP contribution in [0.1, 0.15) is 193 Å². The number of primary amides is 1. The van der Waals surface area contributed by atoms with Gasteiger partial charge in [-0.05, 0) is 78.2 Å². The number of nitrogens with two attached hydrogens (primary N) is 2. The fourth-order valence-electron chi connectivity index (χ4n) is 9.22. The number of carbonyl (C=O) groups is 9. The summed E-state index contributed by atoms with van der Waals surface area (Å²) in [6, 6.07) is -2.14. The van der Waals surface area contributed by atoms with Crippen LogP contribution >= 0.6 is 0 Å². The number of carboxylic acid groups (broad SMARTS) is 2. The molecule has 0 unspecified atom stereocenters. The van der Waals surface area contributed by atoms with Gasteiger partial charge in [0, 0.05) is 89.2 Å². The van der Waals surface area contributed by atoms with Crippen LogP contribution in [0.15, 0.2) is 12.5 Å². The van der Waals surface area contributed by atoms with Gasteiger partial charge in [0.25, 0.3) is 0 Å². The maximum absolute atomic E-state index is 13.3. The van der Waals surface area contributed by atoms with Gasteiger partial charge in [0.05, 0.1) is 44.8 Å². The lowest BCUT2D eigenvalue weighted by Crippen LogP contribution is -2.44. The van der Waals surface area contributed by atoms with Gasteiger partial charge < -0.3 is 61.6 Å². The third-order valence-corrected chi connectivity index (χ3v) is 13.9. The zero-order valence-electron chi connectivity index (χ0n) is 49.0. The first-order valence-corrected chi connectivity index (χ1v) is 30.0. The predicted octanol–water partition coefficient (Wildman–Crippen LogP) is 5.28. The van der Waals surface area contributed by atoms with Gasteiger partial charge in [-0.25, -0.2) is 9.78 Å². The Morgan fingerprint density at radius 1 is 0.642 bits per heavy atom. The number of Topliss-reactive ketones (excluding diaryl/α,β-unsaturated/α-hetero) is 3. The van der Waals surface area contributed by atoms with E-state index in [1.807, 2.05) is 18.7 Å². The molecular formula is C58H102N8O15. The molecule has 23 nitrogen and oxygen atoms in total. The van der Waals surface area contributed by atoms with E-state index in [9.17, 15) is 48.3 Å². The molecule has 464 valence electrons. The van der Waals surface area contributed by atoms with Crippen LogP contribution in [-0.4, -0.2) is 175 Å². The second kappa shape index (κ2) is 49.4. The van der Waals surface area contributed by atoms with Crippen molar-refractivity contribution in [1.82, 2.24) is 30.8 Å². The highest BCUT2D eigenvalue weighted by atomic mass is 16.5. The Kier molecular flexibility index (Phi) is 45.0. The summed E-state index contributed by atoms with van der Waals surface area (Å²) in [5, 5.41) is 26.0. The molecular weight excluding hydrogens is 1050 g/mol. The van der Waals surface area contributed by atoms with Crippen molar-refractivity contribution in [2.24, 2.45) is 17.4 Å². The molecule has 1 fully saturated rings. The predicted molar refractivity (Wildman–Crippen MR) is 306 cm³/mol. The third kappa shape index (κ3) is 41.4. The fourth-order valence-corrected chi connectivity index (χ4v) is 9.22. The topological polar surface area (TPSA) is 351 Å². The second-order valence-corrected chi connectivity index (χ2v) is 20.8. The molecule has 10 N–H and O–H groups in total. The smallest absolute Gasteiger partial charge is 0.326 e. The van der Waals surface area contributed by atoms with Crippen LogP contribution in [-0.2, 0) is 68.5 Å². The van der Waals surface area contributed by atoms with E-state index in [-0.39, 0.29) is 99.6 Å². The highest BCUT2D eigenvalue weighted by Crippen LogP contribution is 2.22. The fraction of sp³-hybridized carbons (Fsp3) is 0.793. The lowest BCUT2D eigenvalue weighted by molar-refractivity contribution is -0.142. The number of imidazole rings is 1. The number of rotatable bonds is 53. The monoisotopic (exact) mass is 1150 g/mol. The summed E-state index contributed by atoms with van der Waals surface area (Å²) >= 11 is 0. The van der Waals surface area contributed by atoms with Gasteiger partial charge in [0.15, 0.2) is 0 Å². The van der Waals surface area contributed by atoms with Crippen molar-refractivity contribution in [3.63, 3.8) is 0 Å². The quantitative estimate of drug-likeness (QED) is 0.0384. The number of aromatic nitrogens is 2. The van der Waals surface area contributed by atoms with Crippen LogP contribution in [0.3, 0.4) is 0 Å². The summed E-state index contributed by atoms with van der Waals surface area (Å²) in [5.74, 6) is -3.46. The van der Waals surface area contributed by atoms with Crippen molar-refractivity contribution in [1.29, 1.82) is 0 Å². The molecule has 4 amide bonds. The number of aromatic amines is 1. The number of aliphatic carboxylic acids is 2. The third-order valence-electron chi connectivity index (χ3n) is 13.9. The van der Waals surface area contributed by atoms with Crippen molar-refractivity contribution in [2.75, 3.05) is 79.0 Å². The molecule has 2 heterocycles. The molecule has 1 aliphatic heterocycles. The number of carbonyl (C=O) groups excluding carboxylic acids is 7. The number of H-pyrrole nitrogens is 1. The van der Waals surface area contributed by atoms with Gasteiger partial charge in [0.1, 0.15) is 36.6 Å². The van der Waals surface area contributed by atoms with Crippen molar-refractivity contribution < 1.29 is 72.3 Å². The molecule has 4 atom stereocenters. The largest absolute Gasteiger partial charge is 0.481 e. The van der Waals surface area contributed by atoms with Gasteiger partial charge in [-0.15, -0.1) is 0 Å². The van der Waals surface area contributed by atoms with Gasteiger partial charge in [-0.2, -0.15) is 0 Å². The van der Waals surface area contributed by atoms with E-state index in [2.05, 4.69) is 25.9 Å². The molecule has 1 aromatic rings. The maximum atomic E-state index is 13.3. The van der Waals surface area contributed by atoms with E-state index < -0.39 is 36.0 Å². The summed E-state index contributed by atoms with van der Waals surface area (Å²) in [6.07, 6.45) is 24.8. The summed E-state index contributed by atoms with van der Waals surface area (Å²) in [4.78, 5) is 116. The van der Waals surface area contributed by atoms with Crippen LogP contribution < -0.4 is 27.4 Å². The highest BCUT2D eigenvalue weighted by Gasteiger charge is 2.32. The molecule has 2 rings (SSSR count).